The molecule has 1 saturated carbocycles. The Balaban J connectivity index is 1.35. The lowest BCUT2D eigenvalue weighted by atomic mass is 10.1. The van der Waals surface area contributed by atoms with Crippen LogP contribution >= 0.6 is 11.6 Å². The van der Waals surface area contributed by atoms with Crippen LogP contribution in [-0.4, -0.2) is 51.2 Å². The Kier molecular flexibility index (Phi) is 4.66. The molecule has 2 fully saturated rings. The summed E-state index contributed by atoms with van der Waals surface area (Å²) in [5.41, 5.74) is 2.83. The van der Waals surface area contributed by atoms with Gasteiger partial charge < -0.3 is 9.47 Å². The zero-order valence-corrected chi connectivity index (χ0v) is 16.5. The molecule has 0 bridgehead atoms. The molecule has 5 rings (SSSR count). The highest BCUT2D eigenvalue weighted by Crippen LogP contribution is 2.32. The van der Waals surface area contributed by atoms with E-state index in [1.807, 2.05) is 28.9 Å². The van der Waals surface area contributed by atoms with Crippen LogP contribution in [0.25, 0.3) is 11.0 Å². The van der Waals surface area contributed by atoms with Gasteiger partial charge in [-0.05, 0) is 37.0 Å². The normalized spacial score (nSPS) is 17.8. The standard InChI is InChI=1S/C20H22ClN5O2/c1-27-17-11-25(12-17)10-14-6-15(21)8-22-20(14)28-16-4-5-19-18(7-16)23-24-26(19)9-13-2-3-13/h4-8,13,17H,2-3,9-12H2,1H3. The molecule has 2 aromatic heterocycles. The lowest BCUT2D eigenvalue weighted by molar-refractivity contribution is -0.0336. The highest BCUT2D eigenvalue weighted by molar-refractivity contribution is 6.30. The van der Waals surface area contributed by atoms with Crippen molar-refractivity contribution >= 4 is 22.6 Å². The molecule has 0 N–H and O–H groups in total. The molecule has 1 aliphatic heterocycles. The Hall–Kier alpha value is -2.22. The molecular weight excluding hydrogens is 378 g/mol. The number of ether oxygens (including phenoxy) is 2. The van der Waals surface area contributed by atoms with Gasteiger partial charge in [-0.3, -0.25) is 4.90 Å². The summed E-state index contributed by atoms with van der Waals surface area (Å²) in [6.07, 6.45) is 4.49. The summed E-state index contributed by atoms with van der Waals surface area (Å²) < 4.78 is 13.4. The zero-order chi connectivity index (χ0) is 19.1. The van der Waals surface area contributed by atoms with E-state index in [2.05, 4.69) is 20.2 Å². The van der Waals surface area contributed by atoms with Gasteiger partial charge in [-0.1, -0.05) is 16.8 Å². The average Bonchev–Trinajstić information content (AvgIpc) is 3.39. The Morgan fingerprint density at radius 3 is 2.86 bits per heavy atom. The van der Waals surface area contributed by atoms with Crippen LogP contribution in [0, 0.1) is 5.92 Å². The first-order valence-corrected chi connectivity index (χ1v) is 9.96. The highest BCUT2D eigenvalue weighted by Gasteiger charge is 2.27. The van der Waals surface area contributed by atoms with E-state index in [1.165, 1.54) is 12.8 Å². The maximum atomic E-state index is 6.17. The van der Waals surface area contributed by atoms with Crippen LogP contribution in [0.5, 0.6) is 11.6 Å². The topological polar surface area (TPSA) is 65.3 Å². The second-order valence-corrected chi connectivity index (χ2v) is 8.07. The number of methoxy groups -OCH3 is 1. The second kappa shape index (κ2) is 7.31. The Labute approximate surface area is 168 Å². The molecule has 7 nitrogen and oxygen atoms in total. The first kappa shape index (κ1) is 17.8. The molecule has 0 spiro atoms. The van der Waals surface area contributed by atoms with Crippen LogP contribution < -0.4 is 4.74 Å². The van der Waals surface area contributed by atoms with Crippen molar-refractivity contribution in [2.24, 2.45) is 5.92 Å². The van der Waals surface area contributed by atoms with Gasteiger partial charge in [0.2, 0.25) is 5.88 Å². The molecule has 146 valence electrons. The van der Waals surface area contributed by atoms with Crippen LogP contribution in [0.15, 0.2) is 30.5 Å². The van der Waals surface area contributed by atoms with E-state index in [1.54, 1.807) is 13.3 Å². The molecule has 1 aliphatic carbocycles. The largest absolute Gasteiger partial charge is 0.439 e. The van der Waals surface area contributed by atoms with Crippen molar-refractivity contribution in [3.05, 3.63) is 41.0 Å². The number of halogens is 1. The molecule has 1 aromatic carbocycles. The van der Waals surface area contributed by atoms with E-state index in [0.29, 0.717) is 22.8 Å². The Morgan fingerprint density at radius 2 is 2.07 bits per heavy atom. The maximum Gasteiger partial charge on any atom is 0.223 e. The van der Waals surface area contributed by atoms with E-state index >= 15 is 0 Å². The zero-order valence-electron chi connectivity index (χ0n) is 15.7. The number of benzene rings is 1. The molecule has 8 heteroatoms. The van der Waals surface area contributed by atoms with Crippen LogP contribution in [0.3, 0.4) is 0 Å². The van der Waals surface area contributed by atoms with Gasteiger partial charge in [-0.15, -0.1) is 5.10 Å². The van der Waals surface area contributed by atoms with Crippen molar-refractivity contribution in [2.45, 2.75) is 32.0 Å². The lowest BCUT2D eigenvalue weighted by Crippen LogP contribution is -2.50. The number of likely N-dealkylation sites (tertiary alicyclic amines) is 1. The highest BCUT2D eigenvalue weighted by atomic mass is 35.5. The van der Waals surface area contributed by atoms with E-state index in [-0.39, 0.29) is 0 Å². The van der Waals surface area contributed by atoms with Crippen molar-refractivity contribution in [2.75, 3.05) is 20.2 Å². The molecule has 28 heavy (non-hydrogen) atoms. The first-order chi connectivity index (χ1) is 13.7. The molecule has 3 heterocycles. The molecule has 0 atom stereocenters. The number of pyridine rings is 1. The summed E-state index contributed by atoms with van der Waals surface area (Å²) in [6.45, 7) is 3.47. The minimum atomic E-state index is 0.303. The first-order valence-electron chi connectivity index (χ1n) is 9.58. The van der Waals surface area contributed by atoms with Gasteiger partial charge >= 0.3 is 0 Å². The predicted molar refractivity (Wildman–Crippen MR) is 106 cm³/mol. The molecular formula is C20H22ClN5O2. The SMILES string of the molecule is COC1CN(Cc2cc(Cl)cnc2Oc2ccc3c(c2)nnn3CC2CC2)C1. The Bertz CT molecular complexity index is 997. The lowest BCUT2D eigenvalue weighted by Gasteiger charge is -2.38. The van der Waals surface area contributed by atoms with Crippen LogP contribution in [0.4, 0.5) is 0 Å². The summed E-state index contributed by atoms with van der Waals surface area (Å²) in [4.78, 5) is 6.68. The fraction of sp³-hybridized carbons (Fsp3) is 0.450. The number of nitrogens with zero attached hydrogens (tertiary/aromatic N) is 5. The minimum absolute atomic E-state index is 0.303. The average molecular weight is 400 g/mol. The van der Waals surface area contributed by atoms with Crippen LogP contribution in [0.1, 0.15) is 18.4 Å². The fourth-order valence-electron chi connectivity index (χ4n) is 3.52. The number of hydrogen-bond acceptors (Lipinski definition) is 6. The van der Waals surface area contributed by atoms with Crippen molar-refractivity contribution in [3.63, 3.8) is 0 Å². The number of fused-ring (bicyclic) bond motifs is 1. The smallest absolute Gasteiger partial charge is 0.223 e. The monoisotopic (exact) mass is 399 g/mol. The molecule has 0 amide bonds. The van der Waals surface area contributed by atoms with E-state index in [9.17, 15) is 0 Å². The van der Waals surface area contributed by atoms with E-state index in [0.717, 1.165) is 48.7 Å². The summed E-state index contributed by atoms with van der Waals surface area (Å²) in [5, 5.41) is 9.18. The number of aromatic nitrogens is 4. The summed E-state index contributed by atoms with van der Waals surface area (Å²) in [7, 11) is 1.74. The third-order valence-electron chi connectivity index (χ3n) is 5.37. The second-order valence-electron chi connectivity index (χ2n) is 7.64. The minimum Gasteiger partial charge on any atom is -0.439 e. The van der Waals surface area contributed by atoms with Gasteiger partial charge in [0.25, 0.3) is 0 Å². The van der Waals surface area contributed by atoms with Crippen molar-refractivity contribution in [3.8, 4) is 11.6 Å². The molecule has 0 unspecified atom stereocenters. The van der Waals surface area contributed by atoms with Crippen molar-refractivity contribution in [1.29, 1.82) is 0 Å². The predicted octanol–water partition coefficient (Wildman–Crippen LogP) is 3.51. The quantitative estimate of drug-likeness (QED) is 0.605. The van der Waals surface area contributed by atoms with Gasteiger partial charge in [-0.25, -0.2) is 9.67 Å². The molecule has 1 saturated heterocycles. The third-order valence-corrected chi connectivity index (χ3v) is 5.58. The van der Waals surface area contributed by atoms with Gasteiger partial charge in [0.05, 0.1) is 16.6 Å². The van der Waals surface area contributed by atoms with Gasteiger partial charge in [0.15, 0.2) is 0 Å². The summed E-state index contributed by atoms with van der Waals surface area (Å²) in [5.74, 6) is 2.01. The molecule has 2 aliphatic rings. The van der Waals surface area contributed by atoms with Crippen LogP contribution in [-0.2, 0) is 17.8 Å². The number of rotatable bonds is 7. The fourth-order valence-corrected chi connectivity index (χ4v) is 3.70. The molecule has 0 radical (unpaired) electrons. The maximum absolute atomic E-state index is 6.17. The van der Waals surface area contributed by atoms with Gasteiger partial charge in [-0.2, -0.15) is 0 Å². The third kappa shape index (κ3) is 3.70. The van der Waals surface area contributed by atoms with Crippen molar-refractivity contribution in [1.82, 2.24) is 24.9 Å². The number of hydrogen-bond donors (Lipinski definition) is 0. The van der Waals surface area contributed by atoms with Gasteiger partial charge in [0, 0.05) is 51.1 Å². The Morgan fingerprint density at radius 1 is 1.21 bits per heavy atom. The van der Waals surface area contributed by atoms with Crippen LogP contribution in [0.2, 0.25) is 5.02 Å². The van der Waals surface area contributed by atoms with E-state index in [4.69, 9.17) is 21.1 Å². The van der Waals surface area contributed by atoms with E-state index < -0.39 is 0 Å². The van der Waals surface area contributed by atoms with Crippen molar-refractivity contribution < 1.29 is 9.47 Å². The molecule has 3 aromatic rings. The van der Waals surface area contributed by atoms with Gasteiger partial charge in [0.1, 0.15) is 11.3 Å². The summed E-state index contributed by atoms with van der Waals surface area (Å²) >= 11 is 6.17. The summed E-state index contributed by atoms with van der Waals surface area (Å²) in [6, 6.07) is 7.78.